The van der Waals surface area contributed by atoms with E-state index in [0.29, 0.717) is 5.82 Å². The quantitative estimate of drug-likeness (QED) is 0.815. The summed E-state index contributed by atoms with van der Waals surface area (Å²) in [6.45, 7) is 6.45. The maximum atomic E-state index is 5.55. The van der Waals surface area contributed by atoms with Crippen LogP contribution in [0.3, 0.4) is 0 Å². The van der Waals surface area contributed by atoms with Crippen LogP contribution >= 0.6 is 0 Å². The van der Waals surface area contributed by atoms with E-state index in [1.807, 2.05) is 12.1 Å². The number of aromatic nitrogens is 4. The van der Waals surface area contributed by atoms with Crippen LogP contribution in [-0.4, -0.2) is 27.3 Å². The summed E-state index contributed by atoms with van der Waals surface area (Å²) in [5.74, 6) is 1.40. The van der Waals surface area contributed by atoms with Crippen molar-refractivity contribution in [3.8, 4) is 17.1 Å². The van der Waals surface area contributed by atoms with Gasteiger partial charge in [-0.2, -0.15) is 4.80 Å². The summed E-state index contributed by atoms with van der Waals surface area (Å²) in [5, 5.41) is 12.1. The zero-order valence-electron chi connectivity index (χ0n) is 11.4. The van der Waals surface area contributed by atoms with Gasteiger partial charge in [-0.15, -0.1) is 10.2 Å². The molecule has 0 aliphatic carbocycles. The number of hydrogen-bond donors (Lipinski definition) is 0. The monoisotopic (exact) mass is 246 g/mol. The smallest absolute Gasteiger partial charge is 0.208 e. The van der Waals surface area contributed by atoms with Crippen molar-refractivity contribution in [2.45, 2.75) is 26.2 Å². The van der Waals surface area contributed by atoms with Gasteiger partial charge < -0.3 is 4.74 Å². The first-order valence-electron chi connectivity index (χ1n) is 5.85. The average Bonchev–Trinajstić information content (AvgIpc) is 2.73. The van der Waals surface area contributed by atoms with E-state index in [9.17, 15) is 0 Å². The van der Waals surface area contributed by atoms with E-state index in [4.69, 9.17) is 4.74 Å². The molecule has 0 fully saturated rings. The summed E-state index contributed by atoms with van der Waals surface area (Å²) in [4.78, 5) is 1.44. The standard InChI is InChI=1S/C13H18N4O/c1-13(2,3)10-8-6-7-9(11(10)18-5)12-14-16-17(4)15-12/h6-8H,1-5H3. The molecule has 0 aliphatic rings. The normalized spacial score (nSPS) is 11.6. The van der Waals surface area contributed by atoms with Crippen LogP contribution in [0.5, 0.6) is 5.75 Å². The lowest BCUT2D eigenvalue weighted by Gasteiger charge is -2.23. The van der Waals surface area contributed by atoms with Gasteiger partial charge in [-0.3, -0.25) is 0 Å². The van der Waals surface area contributed by atoms with Crippen molar-refractivity contribution in [1.82, 2.24) is 20.2 Å². The highest BCUT2D eigenvalue weighted by Gasteiger charge is 2.22. The molecule has 0 N–H and O–H groups in total. The zero-order valence-corrected chi connectivity index (χ0v) is 11.4. The predicted molar refractivity (Wildman–Crippen MR) is 69.5 cm³/mol. The van der Waals surface area contributed by atoms with Crippen molar-refractivity contribution >= 4 is 0 Å². The number of benzene rings is 1. The van der Waals surface area contributed by atoms with E-state index in [2.05, 4.69) is 42.2 Å². The minimum atomic E-state index is 0.00353. The van der Waals surface area contributed by atoms with Gasteiger partial charge in [0.25, 0.3) is 0 Å². The van der Waals surface area contributed by atoms with Crippen LogP contribution in [0.15, 0.2) is 18.2 Å². The van der Waals surface area contributed by atoms with Gasteiger partial charge in [0.2, 0.25) is 5.82 Å². The van der Waals surface area contributed by atoms with E-state index in [1.54, 1.807) is 14.2 Å². The molecule has 0 saturated heterocycles. The molecule has 1 heterocycles. The molecule has 0 unspecified atom stereocenters. The Hall–Kier alpha value is -1.91. The summed E-state index contributed by atoms with van der Waals surface area (Å²) in [6.07, 6.45) is 0. The first kappa shape index (κ1) is 12.5. The number of tetrazole rings is 1. The fraction of sp³-hybridized carbons (Fsp3) is 0.462. The largest absolute Gasteiger partial charge is 0.496 e. The van der Waals surface area contributed by atoms with E-state index in [-0.39, 0.29) is 5.41 Å². The van der Waals surface area contributed by atoms with Crippen LogP contribution < -0.4 is 4.74 Å². The Morgan fingerprint density at radius 3 is 2.44 bits per heavy atom. The highest BCUT2D eigenvalue weighted by atomic mass is 16.5. The molecule has 1 aromatic carbocycles. The number of aryl methyl sites for hydroxylation is 1. The molecule has 5 nitrogen and oxygen atoms in total. The Balaban J connectivity index is 2.62. The van der Waals surface area contributed by atoms with Crippen LogP contribution in [0.1, 0.15) is 26.3 Å². The second-order valence-corrected chi connectivity index (χ2v) is 5.24. The molecule has 0 saturated carbocycles. The molecular weight excluding hydrogens is 228 g/mol. The number of hydrogen-bond acceptors (Lipinski definition) is 4. The molecule has 5 heteroatoms. The first-order chi connectivity index (χ1) is 8.43. The third-order valence-electron chi connectivity index (χ3n) is 2.78. The summed E-state index contributed by atoms with van der Waals surface area (Å²) in [5.41, 5.74) is 2.01. The summed E-state index contributed by atoms with van der Waals surface area (Å²) in [6, 6.07) is 6.01. The van der Waals surface area contributed by atoms with Crippen molar-refractivity contribution in [3.05, 3.63) is 23.8 Å². The van der Waals surface area contributed by atoms with E-state index < -0.39 is 0 Å². The maximum absolute atomic E-state index is 5.55. The number of rotatable bonds is 2. The molecule has 18 heavy (non-hydrogen) atoms. The maximum Gasteiger partial charge on any atom is 0.208 e. The number of ether oxygens (including phenoxy) is 1. The average molecular weight is 246 g/mol. The molecular formula is C13H18N4O. The molecule has 96 valence electrons. The molecule has 0 spiro atoms. The fourth-order valence-electron chi connectivity index (χ4n) is 1.92. The Labute approximate surface area is 107 Å². The van der Waals surface area contributed by atoms with Gasteiger partial charge in [-0.05, 0) is 16.7 Å². The third-order valence-corrected chi connectivity index (χ3v) is 2.78. The lowest BCUT2D eigenvalue weighted by atomic mass is 9.85. The van der Waals surface area contributed by atoms with E-state index in [0.717, 1.165) is 16.9 Å². The molecule has 2 rings (SSSR count). The van der Waals surface area contributed by atoms with E-state index in [1.165, 1.54) is 4.80 Å². The minimum absolute atomic E-state index is 0.00353. The second kappa shape index (κ2) is 4.40. The highest BCUT2D eigenvalue weighted by Crippen LogP contribution is 2.37. The van der Waals surface area contributed by atoms with Crippen LogP contribution in [-0.2, 0) is 12.5 Å². The first-order valence-corrected chi connectivity index (χ1v) is 5.85. The van der Waals surface area contributed by atoms with Crippen molar-refractivity contribution in [2.24, 2.45) is 7.05 Å². The topological polar surface area (TPSA) is 52.8 Å². The predicted octanol–water partition coefficient (Wildman–Crippen LogP) is 2.18. The highest BCUT2D eigenvalue weighted by molar-refractivity contribution is 5.67. The Morgan fingerprint density at radius 1 is 1.22 bits per heavy atom. The van der Waals surface area contributed by atoms with Crippen molar-refractivity contribution < 1.29 is 4.74 Å². The van der Waals surface area contributed by atoms with Crippen LogP contribution in [0, 0.1) is 0 Å². The van der Waals surface area contributed by atoms with Crippen LogP contribution in [0.4, 0.5) is 0 Å². The zero-order chi connectivity index (χ0) is 13.3. The van der Waals surface area contributed by atoms with Crippen molar-refractivity contribution in [3.63, 3.8) is 0 Å². The lowest BCUT2D eigenvalue weighted by Crippen LogP contribution is -2.13. The van der Waals surface area contributed by atoms with Gasteiger partial charge in [0, 0.05) is 5.56 Å². The molecule has 2 aromatic rings. The van der Waals surface area contributed by atoms with Gasteiger partial charge >= 0.3 is 0 Å². The minimum Gasteiger partial charge on any atom is -0.496 e. The summed E-state index contributed by atoms with van der Waals surface area (Å²) in [7, 11) is 3.42. The van der Waals surface area contributed by atoms with Gasteiger partial charge in [-0.1, -0.05) is 32.9 Å². The van der Waals surface area contributed by atoms with Crippen molar-refractivity contribution in [2.75, 3.05) is 7.11 Å². The molecule has 0 radical (unpaired) electrons. The second-order valence-electron chi connectivity index (χ2n) is 5.24. The van der Waals surface area contributed by atoms with Gasteiger partial charge in [-0.25, -0.2) is 0 Å². The van der Waals surface area contributed by atoms with E-state index >= 15 is 0 Å². The molecule has 0 aliphatic heterocycles. The molecule has 0 bridgehead atoms. The van der Waals surface area contributed by atoms with Gasteiger partial charge in [0.15, 0.2) is 0 Å². The third kappa shape index (κ3) is 2.20. The number of methoxy groups -OCH3 is 1. The van der Waals surface area contributed by atoms with Gasteiger partial charge in [0.1, 0.15) is 5.75 Å². The molecule has 0 amide bonds. The Bertz CT molecular complexity index is 554. The fourth-order valence-corrected chi connectivity index (χ4v) is 1.92. The van der Waals surface area contributed by atoms with Gasteiger partial charge in [0.05, 0.1) is 19.7 Å². The Morgan fingerprint density at radius 2 is 1.94 bits per heavy atom. The summed E-state index contributed by atoms with van der Waals surface area (Å²) < 4.78 is 5.55. The number of nitrogens with zero attached hydrogens (tertiary/aromatic N) is 4. The SMILES string of the molecule is COc1c(-c2nnn(C)n2)cccc1C(C)(C)C. The van der Waals surface area contributed by atoms with Crippen LogP contribution in [0.2, 0.25) is 0 Å². The van der Waals surface area contributed by atoms with Crippen molar-refractivity contribution in [1.29, 1.82) is 0 Å². The van der Waals surface area contributed by atoms with Crippen LogP contribution in [0.25, 0.3) is 11.4 Å². The summed E-state index contributed by atoms with van der Waals surface area (Å²) >= 11 is 0. The Kier molecular flexibility index (Phi) is 3.07. The molecule has 0 atom stereocenters. The number of para-hydroxylation sites is 1. The molecule has 1 aromatic heterocycles. The lowest BCUT2D eigenvalue weighted by molar-refractivity contribution is 0.399.